The fourth-order valence-corrected chi connectivity index (χ4v) is 5.33. The highest BCUT2D eigenvalue weighted by Crippen LogP contribution is 2.35. The Hall–Kier alpha value is -3.06. The number of piperidine rings is 1. The zero-order valence-electron chi connectivity index (χ0n) is 20.7. The van der Waals surface area contributed by atoms with E-state index in [2.05, 4.69) is 46.8 Å². The van der Waals surface area contributed by atoms with Gasteiger partial charge in [0.2, 0.25) is 5.91 Å². The van der Waals surface area contributed by atoms with Gasteiger partial charge in [0, 0.05) is 37.6 Å². The first-order valence-corrected chi connectivity index (χ1v) is 13.1. The van der Waals surface area contributed by atoms with Crippen LogP contribution in [0.1, 0.15) is 50.5 Å². The number of carbonyl (C=O) groups excluding carboxylic acids is 2. The molecule has 7 nitrogen and oxygen atoms in total. The molecule has 2 N–H and O–H groups in total. The van der Waals surface area contributed by atoms with Crippen LogP contribution in [0.3, 0.4) is 0 Å². The predicted molar refractivity (Wildman–Crippen MR) is 139 cm³/mol. The standard InChI is InChI=1S/C28H37N5O2/c1-2-16-29-27(34)26(22-6-4-3-5-7-22)23-14-17-31(18-15-23)24-10-12-25(13-11-24)32-20-30-33(28(32)35)19-21-8-9-21/h3-7,10-13,21,23,26,30H,2,8-9,14-20H2,1H3,(H,29,34). The lowest BCUT2D eigenvalue weighted by Crippen LogP contribution is -2.40. The van der Waals surface area contributed by atoms with Crippen molar-refractivity contribution in [3.05, 3.63) is 60.2 Å². The lowest BCUT2D eigenvalue weighted by molar-refractivity contribution is -0.124. The van der Waals surface area contributed by atoms with Crippen LogP contribution in [0.5, 0.6) is 0 Å². The summed E-state index contributed by atoms with van der Waals surface area (Å²) in [6, 6.07) is 18.6. The van der Waals surface area contributed by atoms with Crippen LogP contribution in [0.4, 0.5) is 16.2 Å². The number of anilines is 2. The van der Waals surface area contributed by atoms with Crippen molar-refractivity contribution in [1.29, 1.82) is 0 Å². The van der Waals surface area contributed by atoms with Crippen LogP contribution in [0.15, 0.2) is 54.6 Å². The highest BCUT2D eigenvalue weighted by molar-refractivity contribution is 5.93. The molecule has 3 aliphatic rings. The van der Waals surface area contributed by atoms with Crippen molar-refractivity contribution in [3.8, 4) is 0 Å². The summed E-state index contributed by atoms with van der Waals surface area (Å²) < 4.78 is 0. The van der Waals surface area contributed by atoms with Gasteiger partial charge in [-0.15, -0.1) is 0 Å². The Morgan fingerprint density at radius 1 is 1.00 bits per heavy atom. The number of hydrogen-bond donors (Lipinski definition) is 2. The van der Waals surface area contributed by atoms with Crippen molar-refractivity contribution < 1.29 is 9.59 Å². The maximum atomic E-state index is 13.1. The van der Waals surface area contributed by atoms with Gasteiger partial charge in [-0.1, -0.05) is 37.3 Å². The van der Waals surface area contributed by atoms with Gasteiger partial charge < -0.3 is 10.2 Å². The zero-order valence-corrected chi connectivity index (χ0v) is 20.7. The highest BCUT2D eigenvalue weighted by atomic mass is 16.2. The molecule has 35 heavy (non-hydrogen) atoms. The Morgan fingerprint density at radius 3 is 2.34 bits per heavy atom. The van der Waals surface area contributed by atoms with Crippen LogP contribution in [0.25, 0.3) is 0 Å². The predicted octanol–water partition coefficient (Wildman–Crippen LogP) is 4.33. The van der Waals surface area contributed by atoms with E-state index >= 15 is 0 Å². The van der Waals surface area contributed by atoms with E-state index in [0.29, 0.717) is 18.5 Å². The van der Waals surface area contributed by atoms with Crippen LogP contribution in [-0.2, 0) is 4.79 Å². The van der Waals surface area contributed by atoms with Crippen molar-refractivity contribution in [2.24, 2.45) is 11.8 Å². The van der Waals surface area contributed by atoms with Gasteiger partial charge >= 0.3 is 6.03 Å². The van der Waals surface area contributed by atoms with Gasteiger partial charge in [0.25, 0.3) is 0 Å². The maximum Gasteiger partial charge on any atom is 0.340 e. The number of hydrazine groups is 1. The smallest absolute Gasteiger partial charge is 0.340 e. The van der Waals surface area contributed by atoms with Crippen molar-refractivity contribution >= 4 is 23.3 Å². The van der Waals surface area contributed by atoms with Crippen LogP contribution in [-0.4, -0.2) is 49.8 Å². The molecule has 0 radical (unpaired) electrons. The van der Waals surface area contributed by atoms with E-state index in [4.69, 9.17) is 0 Å². The van der Waals surface area contributed by atoms with E-state index in [1.807, 2.05) is 30.3 Å². The molecule has 1 atom stereocenters. The third-order valence-electron chi connectivity index (χ3n) is 7.55. The van der Waals surface area contributed by atoms with E-state index in [0.717, 1.165) is 56.7 Å². The minimum atomic E-state index is -0.0976. The highest BCUT2D eigenvalue weighted by Gasteiger charge is 2.35. The molecule has 0 spiro atoms. The minimum Gasteiger partial charge on any atom is -0.372 e. The first-order valence-electron chi connectivity index (χ1n) is 13.1. The average molecular weight is 476 g/mol. The summed E-state index contributed by atoms with van der Waals surface area (Å²) in [5, 5.41) is 4.89. The lowest BCUT2D eigenvalue weighted by atomic mass is 9.79. The fourth-order valence-electron chi connectivity index (χ4n) is 5.33. The van der Waals surface area contributed by atoms with Gasteiger partial charge in [-0.2, -0.15) is 0 Å². The van der Waals surface area contributed by atoms with Crippen molar-refractivity contribution in [1.82, 2.24) is 15.8 Å². The Balaban J connectivity index is 1.20. The summed E-state index contributed by atoms with van der Waals surface area (Å²) in [5.41, 5.74) is 6.44. The number of nitrogens with one attached hydrogen (secondary N) is 2. The van der Waals surface area contributed by atoms with Crippen LogP contribution in [0, 0.1) is 11.8 Å². The summed E-state index contributed by atoms with van der Waals surface area (Å²) in [5.74, 6) is 1.05. The normalized spacial score (nSPS) is 19.8. The summed E-state index contributed by atoms with van der Waals surface area (Å²) >= 11 is 0. The first-order chi connectivity index (χ1) is 17.1. The van der Waals surface area contributed by atoms with E-state index in [1.54, 1.807) is 9.91 Å². The van der Waals surface area contributed by atoms with E-state index in [1.165, 1.54) is 18.5 Å². The van der Waals surface area contributed by atoms with E-state index < -0.39 is 0 Å². The number of nitrogens with zero attached hydrogens (tertiary/aromatic N) is 3. The van der Waals surface area contributed by atoms with Gasteiger partial charge in [-0.25, -0.2) is 10.2 Å². The summed E-state index contributed by atoms with van der Waals surface area (Å²) in [7, 11) is 0. The minimum absolute atomic E-state index is 0.0405. The molecule has 1 unspecified atom stereocenters. The van der Waals surface area contributed by atoms with Crippen molar-refractivity contribution in [3.63, 3.8) is 0 Å². The van der Waals surface area contributed by atoms with Crippen LogP contribution >= 0.6 is 0 Å². The average Bonchev–Trinajstić information content (AvgIpc) is 3.65. The van der Waals surface area contributed by atoms with E-state index in [9.17, 15) is 9.59 Å². The molecule has 3 fully saturated rings. The largest absolute Gasteiger partial charge is 0.372 e. The lowest BCUT2D eigenvalue weighted by Gasteiger charge is -2.37. The molecule has 0 aromatic heterocycles. The third-order valence-corrected chi connectivity index (χ3v) is 7.55. The van der Waals surface area contributed by atoms with Gasteiger partial charge in [-0.3, -0.25) is 14.7 Å². The number of rotatable bonds is 9. The van der Waals surface area contributed by atoms with Gasteiger partial charge in [0.1, 0.15) is 0 Å². The zero-order chi connectivity index (χ0) is 24.2. The second-order valence-electron chi connectivity index (χ2n) is 10.1. The second-order valence-corrected chi connectivity index (χ2v) is 10.1. The SMILES string of the molecule is CCCNC(=O)C(c1ccccc1)C1CCN(c2ccc(N3CNN(CC4CC4)C3=O)cc2)CC1. The summed E-state index contributed by atoms with van der Waals surface area (Å²) in [6.07, 6.45) is 5.36. The summed E-state index contributed by atoms with van der Waals surface area (Å²) in [4.78, 5) is 30.0. The molecule has 0 bridgehead atoms. The number of carbonyl (C=O) groups is 2. The molecule has 5 rings (SSSR count). The molecule has 186 valence electrons. The van der Waals surface area contributed by atoms with Crippen molar-refractivity contribution in [2.45, 2.75) is 44.9 Å². The van der Waals surface area contributed by atoms with Gasteiger partial charge in [-0.05, 0) is 73.8 Å². The molecule has 2 saturated heterocycles. The molecular formula is C28H37N5O2. The Morgan fingerprint density at radius 2 is 1.69 bits per heavy atom. The van der Waals surface area contributed by atoms with Crippen molar-refractivity contribution in [2.75, 3.05) is 42.6 Å². The molecule has 3 amide bonds. The Bertz CT molecular complexity index is 1000. The molecule has 2 aromatic rings. The topological polar surface area (TPSA) is 67.9 Å². The quantitative estimate of drug-likeness (QED) is 0.567. The Labute approximate surface area is 208 Å². The number of urea groups is 1. The monoisotopic (exact) mass is 475 g/mol. The number of amides is 3. The number of benzene rings is 2. The van der Waals surface area contributed by atoms with Crippen LogP contribution in [0.2, 0.25) is 0 Å². The fraction of sp³-hybridized carbons (Fsp3) is 0.500. The molecule has 2 aromatic carbocycles. The third kappa shape index (κ3) is 5.45. The molecule has 2 heterocycles. The second kappa shape index (κ2) is 10.7. The maximum absolute atomic E-state index is 13.1. The Kier molecular flexibility index (Phi) is 7.23. The molecule has 1 aliphatic carbocycles. The number of hydrogen-bond acceptors (Lipinski definition) is 4. The molecule has 7 heteroatoms. The summed E-state index contributed by atoms with van der Waals surface area (Å²) in [6.45, 7) is 5.99. The molecule has 2 aliphatic heterocycles. The first kappa shape index (κ1) is 23.7. The molecule has 1 saturated carbocycles. The van der Waals surface area contributed by atoms with Gasteiger partial charge in [0.05, 0.1) is 12.6 Å². The van der Waals surface area contributed by atoms with E-state index in [-0.39, 0.29) is 17.9 Å². The van der Waals surface area contributed by atoms with Crippen LogP contribution < -0.4 is 20.5 Å². The van der Waals surface area contributed by atoms with Gasteiger partial charge in [0.15, 0.2) is 0 Å². The molecular weight excluding hydrogens is 438 g/mol.